The number of carbonyl (C=O) groups excluding carboxylic acids is 3. The maximum absolute atomic E-state index is 13.5. The van der Waals surface area contributed by atoms with Gasteiger partial charge in [-0.05, 0) is 57.0 Å². The lowest BCUT2D eigenvalue weighted by molar-refractivity contribution is -0.132. The molecule has 0 saturated carbocycles. The molecule has 1 aliphatic heterocycles. The van der Waals surface area contributed by atoms with Gasteiger partial charge < -0.3 is 14.2 Å². The number of anilines is 1. The van der Waals surface area contributed by atoms with E-state index in [2.05, 4.69) is 9.97 Å². The summed E-state index contributed by atoms with van der Waals surface area (Å²) in [6.45, 7) is 7.17. The van der Waals surface area contributed by atoms with Gasteiger partial charge in [-0.25, -0.2) is 14.8 Å². The van der Waals surface area contributed by atoms with Crippen LogP contribution >= 0.6 is 22.9 Å². The van der Waals surface area contributed by atoms with Gasteiger partial charge in [-0.2, -0.15) is 0 Å². The average Bonchev–Trinajstić information content (AvgIpc) is 3.52. The van der Waals surface area contributed by atoms with E-state index in [9.17, 15) is 19.5 Å². The third-order valence-electron chi connectivity index (χ3n) is 6.39. The molecule has 194 valence electrons. The number of Topliss-reactive ketones (excluding diaryl/α,β-unsaturated/α-hetero) is 1. The van der Waals surface area contributed by atoms with E-state index in [1.807, 2.05) is 29.7 Å². The number of benzene rings is 1. The van der Waals surface area contributed by atoms with E-state index in [0.717, 1.165) is 16.9 Å². The Bertz CT molecular complexity index is 1650. The fourth-order valence-corrected chi connectivity index (χ4v) is 5.65. The summed E-state index contributed by atoms with van der Waals surface area (Å²) in [6.07, 6.45) is 1.81. The minimum atomic E-state index is -1.03. The van der Waals surface area contributed by atoms with E-state index in [4.69, 9.17) is 16.3 Å². The molecular formula is C27H23ClN4O5S. The molecule has 1 aromatic carbocycles. The number of carbonyl (C=O) groups is 3. The Morgan fingerprint density at radius 3 is 2.50 bits per heavy atom. The Hall–Kier alpha value is -4.02. The summed E-state index contributed by atoms with van der Waals surface area (Å²) in [5, 5.41) is 12.1. The van der Waals surface area contributed by atoms with Crippen LogP contribution in [0.15, 0.2) is 48.2 Å². The average molecular weight is 551 g/mol. The SMILES string of the molecule is CCOC(=O)c1sc(N2C(=O)C(=O)C(=C(O)c3nc4c(C)cccn4c3C)C2c2ccc(Cl)cc2)nc1C. The molecule has 4 heterocycles. The van der Waals surface area contributed by atoms with Crippen molar-refractivity contribution in [3.05, 3.63) is 86.3 Å². The summed E-state index contributed by atoms with van der Waals surface area (Å²) in [4.78, 5) is 49.8. The Morgan fingerprint density at radius 1 is 1.13 bits per heavy atom. The number of halogens is 1. The lowest BCUT2D eigenvalue weighted by atomic mass is 9.96. The molecule has 38 heavy (non-hydrogen) atoms. The first-order valence-electron chi connectivity index (χ1n) is 11.8. The number of ketones is 1. The van der Waals surface area contributed by atoms with Crippen LogP contribution in [0.2, 0.25) is 5.02 Å². The van der Waals surface area contributed by atoms with Crippen LogP contribution < -0.4 is 4.90 Å². The number of nitrogens with zero attached hydrogens (tertiary/aromatic N) is 4. The Balaban J connectivity index is 1.73. The van der Waals surface area contributed by atoms with E-state index in [0.29, 0.717) is 27.6 Å². The van der Waals surface area contributed by atoms with Crippen molar-refractivity contribution in [2.24, 2.45) is 0 Å². The zero-order valence-corrected chi connectivity index (χ0v) is 22.6. The van der Waals surface area contributed by atoms with Crippen molar-refractivity contribution in [2.45, 2.75) is 33.7 Å². The first kappa shape index (κ1) is 25.6. The van der Waals surface area contributed by atoms with Crippen molar-refractivity contribution in [1.29, 1.82) is 0 Å². The summed E-state index contributed by atoms with van der Waals surface area (Å²) in [6, 6.07) is 9.34. The number of esters is 1. The van der Waals surface area contributed by atoms with Gasteiger partial charge in [0, 0.05) is 11.2 Å². The van der Waals surface area contributed by atoms with Gasteiger partial charge in [0.2, 0.25) is 0 Å². The van der Waals surface area contributed by atoms with Crippen molar-refractivity contribution >= 4 is 57.1 Å². The van der Waals surface area contributed by atoms with Gasteiger partial charge >= 0.3 is 11.9 Å². The number of hydrogen-bond acceptors (Lipinski definition) is 8. The monoisotopic (exact) mass is 550 g/mol. The fraction of sp³-hybridized carbons (Fsp3) is 0.222. The highest BCUT2D eigenvalue weighted by atomic mass is 35.5. The zero-order chi connectivity index (χ0) is 27.3. The third-order valence-corrected chi connectivity index (χ3v) is 7.78. The maximum atomic E-state index is 13.5. The first-order valence-corrected chi connectivity index (χ1v) is 13.0. The smallest absolute Gasteiger partial charge is 0.350 e. The number of aryl methyl sites for hydroxylation is 3. The van der Waals surface area contributed by atoms with Gasteiger partial charge in [0.25, 0.3) is 5.78 Å². The molecule has 3 aromatic heterocycles. The lowest BCUT2D eigenvalue weighted by Gasteiger charge is -2.22. The molecule has 1 N–H and O–H groups in total. The molecular weight excluding hydrogens is 528 g/mol. The normalized spacial score (nSPS) is 17.0. The summed E-state index contributed by atoms with van der Waals surface area (Å²) in [7, 11) is 0. The Kier molecular flexibility index (Phi) is 6.54. The van der Waals surface area contributed by atoms with Crippen LogP contribution in [-0.4, -0.2) is 43.7 Å². The van der Waals surface area contributed by atoms with E-state index >= 15 is 0 Å². The predicted molar refractivity (Wildman–Crippen MR) is 144 cm³/mol. The number of amides is 1. The molecule has 0 bridgehead atoms. The quantitative estimate of drug-likeness (QED) is 0.158. The number of pyridine rings is 1. The van der Waals surface area contributed by atoms with Gasteiger partial charge in [0.05, 0.1) is 29.6 Å². The third kappa shape index (κ3) is 4.06. The van der Waals surface area contributed by atoms with Crippen LogP contribution in [0.4, 0.5) is 5.13 Å². The number of aromatic nitrogens is 3. The number of hydrogen-bond donors (Lipinski definition) is 1. The van der Waals surface area contributed by atoms with Crippen molar-refractivity contribution in [3.8, 4) is 0 Å². The van der Waals surface area contributed by atoms with Gasteiger partial charge in [0.1, 0.15) is 16.2 Å². The summed E-state index contributed by atoms with van der Waals surface area (Å²) in [5.41, 5.74) is 3.07. The first-order chi connectivity index (χ1) is 18.1. The minimum Gasteiger partial charge on any atom is -0.505 e. The highest BCUT2D eigenvalue weighted by Crippen LogP contribution is 2.44. The Morgan fingerprint density at radius 2 is 1.84 bits per heavy atom. The molecule has 1 fully saturated rings. The van der Waals surface area contributed by atoms with Crippen LogP contribution in [0, 0.1) is 20.8 Å². The predicted octanol–water partition coefficient (Wildman–Crippen LogP) is 5.17. The number of rotatable bonds is 5. The number of fused-ring (bicyclic) bond motifs is 1. The number of ether oxygens (including phenoxy) is 1. The van der Waals surface area contributed by atoms with Crippen LogP contribution in [-0.2, 0) is 14.3 Å². The molecule has 0 aliphatic carbocycles. The molecule has 1 saturated heterocycles. The number of thiazole rings is 1. The highest BCUT2D eigenvalue weighted by molar-refractivity contribution is 7.17. The molecule has 4 aromatic rings. The number of aliphatic hydroxyl groups is 1. The Labute approximate surface area is 227 Å². The zero-order valence-electron chi connectivity index (χ0n) is 21.0. The summed E-state index contributed by atoms with van der Waals surface area (Å²) < 4.78 is 6.93. The maximum Gasteiger partial charge on any atom is 0.350 e. The second-order valence-electron chi connectivity index (χ2n) is 8.78. The van der Waals surface area contributed by atoms with E-state index in [1.165, 1.54) is 4.90 Å². The number of aliphatic hydroxyl groups excluding tert-OH is 1. The minimum absolute atomic E-state index is 0.132. The van der Waals surface area contributed by atoms with Crippen molar-refractivity contribution in [1.82, 2.24) is 14.4 Å². The molecule has 5 rings (SSSR count). The topological polar surface area (TPSA) is 114 Å². The van der Waals surface area contributed by atoms with Crippen molar-refractivity contribution in [3.63, 3.8) is 0 Å². The van der Waals surface area contributed by atoms with E-state index < -0.39 is 29.5 Å². The second kappa shape index (κ2) is 9.70. The summed E-state index contributed by atoms with van der Waals surface area (Å²) >= 11 is 7.06. The molecule has 9 nitrogen and oxygen atoms in total. The fourth-order valence-electron chi connectivity index (χ4n) is 4.54. The van der Waals surface area contributed by atoms with Gasteiger partial charge in [0.15, 0.2) is 10.9 Å². The van der Waals surface area contributed by atoms with E-state index in [1.54, 1.807) is 45.0 Å². The molecule has 11 heteroatoms. The number of imidazole rings is 1. The van der Waals surface area contributed by atoms with Crippen molar-refractivity contribution in [2.75, 3.05) is 11.5 Å². The molecule has 1 atom stereocenters. The van der Waals surface area contributed by atoms with Crippen LogP contribution in [0.3, 0.4) is 0 Å². The molecule has 1 aliphatic rings. The molecule has 0 spiro atoms. The molecule has 1 unspecified atom stereocenters. The molecule has 1 amide bonds. The van der Waals surface area contributed by atoms with Crippen molar-refractivity contribution < 1.29 is 24.2 Å². The van der Waals surface area contributed by atoms with Gasteiger partial charge in [-0.15, -0.1) is 0 Å². The highest BCUT2D eigenvalue weighted by Gasteiger charge is 2.49. The summed E-state index contributed by atoms with van der Waals surface area (Å²) in [5.74, 6) is -2.73. The van der Waals surface area contributed by atoms with Crippen LogP contribution in [0.1, 0.15) is 50.8 Å². The lowest BCUT2D eigenvalue weighted by Crippen LogP contribution is -2.29. The van der Waals surface area contributed by atoms with Crippen LogP contribution in [0.5, 0.6) is 0 Å². The van der Waals surface area contributed by atoms with Gasteiger partial charge in [-0.1, -0.05) is 41.1 Å². The second-order valence-corrected chi connectivity index (χ2v) is 10.2. The molecule has 0 radical (unpaired) electrons. The van der Waals surface area contributed by atoms with E-state index in [-0.39, 0.29) is 27.9 Å². The van der Waals surface area contributed by atoms with Gasteiger partial charge in [-0.3, -0.25) is 14.5 Å². The standard InChI is InChI=1S/C27H23ClN4O5S/c1-5-37-26(36)23-14(3)29-27(38-23)32-20(16-8-10-17(28)11-9-16)18(22(34)25(32)35)21(33)19-15(4)31-12-6-7-13(2)24(31)30-19/h6-12,20,33H,5H2,1-4H3. The van der Waals surface area contributed by atoms with Crippen LogP contribution in [0.25, 0.3) is 11.4 Å². The largest absolute Gasteiger partial charge is 0.505 e.